The van der Waals surface area contributed by atoms with Crippen LogP contribution in [0.5, 0.6) is 5.75 Å². The molecule has 0 aliphatic carbocycles. The second-order valence-corrected chi connectivity index (χ2v) is 7.91. The zero-order valence-electron chi connectivity index (χ0n) is 15.3. The van der Waals surface area contributed by atoms with E-state index in [1.54, 1.807) is 0 Å². The highest BCUT2D eigenvalue weighted by Crippen LogP contribution is 2.32. The fourth-order valence-electron chi connectivity index (χ4n) is 3.84. The first-order valence-electron chi connectivity index (χ1n) is 9.39. The molecule has 3 atom stereocenters. The molecule has 1 heterocycles. The molecule has 0 radical (unpaired) electrons. The summed E-state index contributed by atoms with van der Waals surface area (Å²) in [6, 6.07) is 19.0. The largest absolute Gasteiger partial charge is 0.484 e. The lowest BCUT2D eigenvalue weighted by atomic mass is 9.98. The highest BCUT2D eigenvalue weighted by atomic mass is 35.5. The smallest absolute Gasteiger partial charge is 0.138 e. The summed E-state index contributed by atoms with van der Waals surface area (Å²) in [5.74, 6) is 0.771. The molecule has 2 aromatic carbocycles. The number of rotatable bonds is 6. The molecule has 1 saturated heterocycles. The van der Waals surface area contributed by atoms with Crippen molar-refractivity contribution in [2.24, 2.45) is 0 Å². The lowest BCUT2D eigenvalue weighted by Gasteiger charge is -2.44. The Kier molecular flexibility index (Phi) is 6.03. The van der Waals surface area contributed by atoms with Crippen LogP contribution in [-0.4, -0.2) is 30.7 Å². The van der Waals surface area contributed by atoms with Crippen molar-refractivity contribution in [1.29, 1.82) is 0 Å². The van der Waals surface area contributed by atoms with E-state index in [9.17, 15) is 0 Å². The Morgan fingerprint density at radius 2 is 1.80 bits per heavy atom. The third-order valence-corrected chi connectivity index (χ3v) is 6.10. The lowest BCUT2D eigenvalue weighted by Crippen LogP contribution is -2.54. The molecule has 3 unspecified atom stereocenters. The number of para-hydroxylation sites is 1. The van der Waals surface area contributed by atoms with Gasteiger partial charge in [-0.25, -0.2) is 0 Å². The van der Waals surface area contributed by atoms with Gasteiger partial charge in [0.05, 0.1) is 31.2 Å². The van der Waals surface area contributed by atoms with E-state index < -0.39 is 0 Å². The van der Waals surface area contributed by atoms with Crippen molar-refractivity contribution in [3.63, 3.8) is 0 Å². The minimum absolute atomic E-state index is 0.0326. The van der Waals surface area contributed by atoms with E-state index >= 15 is 0 Å². The van der Waals surface area contributed by atoms with Crippen molar-refractivity contribution in [3.05, 3.63) is 65.2 Å². The summed E-state index contributed by atoms with van der Waals surface area (Å²) in [5, 5.41) is 0.676. The molecule has 0 spiro atoms. The van der Waals surface area contributed by atoms with Gasteiger partial charge in [0, 0.05) is 6.42 Å². The molecular weight excluding hydrogens is 330 g/mol. The van der Waals surface area contributed by atoms with Crippen molar-refractivity contribution < 1.29 is 9.22 Å². The van der Waals surface area contributed by atoms with Gasteiger partial charge >= 0.3 is 0 Å². The molecule has 0 N–H and O–H groups in total. The molecule has 0 bridgehead atoms. The first-order chi connectivity index (χ1) is 12.1. The minimum Gasteiger partial charge on any atom is -0.484 e. The van der Waals surface area contributed by atoms with Crippen molar-refractivity contribution in [2.45, 2.75) is 44.8 Å². The van der Waals surface area contributed by atoms with Crippen LogP contribution in [0.3, 0.4) is 0 Å². The molecule has 3 heteroatoms. The predicted molar refractivity (Wildman–Crippen MR) is 105 cm³/mol. The van der Waals surface area contributed by atoms with E-state index in [1.807, 2.05) is 24.3 Å². The van der Waals surface area contributed by atoms with Crippen LogP contribution in [0, 0.1) is 0 Å². The third kappa shape index (κ3) is 4.56. The monoisotopic (exact) mass is 358 g/mol. The zero-order valence-corrected chi connectivity index (χ0v) is 16.1. The van der Waals surface area contributed by atoms with Gasteiger partial charge in [0.25, 0.3) is 0 Å². The summed E-state index contributed by atoms with van der Waals surface area (Å²) >= 11 is 6.33. The van der Waals surface area contributed by atoms with E-state index in [-0.39, 0.29) is 6.10 Å². The molecule has 3 rings (SSSR count). The number of hydrogen-bond donors (Lipinski definition) is 0. The van der Waals surface area contributed by atoms with E-state index in [0.717, 1.165) is 29.2 Å². The fourth-order valence-corrected chi connectivity index (χ4v) is 4.02. The summed E-state index contributed by atoms with van der Waals surface area (Å²) in [5.41, 5.74) is 1.22. The van der Waals surface area contributed by atoms with E-state index in [1.165, 1.54) is 31.4 Å². The van der Waals surface area contributed by atoms with Crippen molar-refractivity contribution in [1.82, 2.24) is 0 Å². The minimum atomic E-state index is 0.0326. The Hall–Kier alpha value is -1.51. The number of benzene rings is 2. The zero-order chi connectivity index (χ0) is 17.7. The van der Waals surface area contributed by atoms with Crippen LogP contribution in [0.4, 0.5) is 0 Å². The number of piperidine rings is 1. The van der Waals surface area contributed by atoms with Gasteiger partial charge in [-0.1, -0.05) is 54.1 Å². The van der Waals surface area contributed by atoms with Gasteiger partial charge in [-0.15, -0.1) is 0 Å². The summed E-state index contributed by atoms with van der Waals surface area (Å²) < 4.78 is 7.51. The van der Waals surface area contributed by atoms with E-state index in [0.29, 0.717) is 5.02 Å². The molecule has 0 aromatic heterocycles. The van der Waals surface area contributed by atoms with E-state index in [4.69, 9.17) is 16.3 Å². The standard InChI is InChI=1S/C22H29ClNO/c1-18-10-8-9-16-24(18,2)17-15-21(19-11-4-3-5-12-19)25-22-14-7-6-13-20(22)23/h3-7,11-14,18,21H,8-10,15-17H2,1-2H3/q+1. The SMILES string of the molecule is CC1CCCC[N+]1(C)CCC(Oc1ccccc1Cl)c1ccccc1. The third-order valence-electron chi connectivity index (χ3n) is 5.78. The molecule has 1 fully saturated rings. The van der Waals surface area contributed by atoms with Crippen LogP contribution in [0.2, 0.25) is 5.02 Å². The molecule has 0 amide bonds. The van der Waals surface area contributed by atoms with Crippen LogP contribution < -0.4 is 4.74 Å². The number of nitrogens with zero attached hydrogens (tertiary/aromatic N) is 1. The molecule has 2 aromatic rings. The molecule has 0 saturated carbocycles. The molecule has 1 aliphatic heterocycles. The Morgan fingerprint density at radius 1 is 1.08 bits per heavy atom. The van der Waals surface area contributed by atoms with Crippen LogP contribution in [0.15, 0.2) is 54.6 Å². The quantitative estimate of drug-likeness (QED) is 0.587. The molecule has 25 heavy (non-hydrogen) atoms. The maximum atomic E-state index is 6.36. The fraction of sp³-hybridized carbons (Fsp3) is 0.455. The summed E-state index contributed by atoms with van der Waals surface area (Å²) in [6.07, 6.45) is 5.06. The molecule has 134 valence electrons. The first-order valence-corrected chi connectivity index (χ1v) is 9.77. The number of likely N-dealkylation sites (tertiary alicyclic amines) is 1. The van der Waals surface area contributed by atoms with Gasteiger partial charge in [0.15, 0.2) is 0 Å². The van der Waals surface area contributed by atoms with Crippen molar-refractivity contribution >= 4 is 11.6 Å². The molecule has 2 nitrogen and oxygen atoms in total. The van der Waals surface area contributed by atoms with Gasteiger partial charge < -0.3 is 9.22 Å². The predicted octanol–water partition coefficient (Wildman–Crippen LogP) is 5.87. The van der Waals surface area contributed by atoms with Crippen molar-refractivity contribution in [2.75, 3.05) is 20.1 Å². The van der Waals surface area contributed by atoms with Crippen LogP contribution in [-0.2, 0) is 0 Å². The molecule has 1 aliphatic rings. The second kappa shape index (κ2) is 8.25. The normalized spacial score (nSPS) is 24.7. The van der Waals surface area contributed by atoms with Gasteiger partial charge in [-0.3, -0.25) is 0 Å². The van der Waals surface area contributed by atoms with Gasteiger partial charge in [0.1, 0.15) is 11.9 Å². The van der Waals surface area contributed by atoms with Gasteiger partial charge in [0.2, 0.25) is 0 Å². The number of ether oxygens (including phenoxy) is 1. The Labute approximate surface area is 157 Å². The number of quaternary nitrogens is 1. The Balaban J connectivity index is 1.76. The highest BCUT2D eigenvalue weighted by molar-refractivity contribution is 6.32. The number of hydrogen-bond acceptors (Lipinski definition) is 1. The van der Waals surface area contributed by atoms with Gasteiger partial charge in [-0.05, 0) is 43.9 Å². The van der Waals surface area contributed by atoms with Gasteiger partial charge in [-0.2, -0.15) is 0 Å². The van der Waals surface area contributed by atoms with E-state index in [2.05, 4.69) is 44.3 Å². The molecular formula is C22H29ClNO+. The second-order valence-electron chi connectivity index (χ2n) is 7.51. The highest BCUT2D eigenvalue weighted by Gasteiger charge is 2.33. The Bertz CT molecular complexity index is 675. The average Bonchev–Trinajstić information content (AvgIpc) is 2.63. The lowest BCUT2D eigenvalue weighted by molar-refractivity contribution is -0.936. The van der Waals surface area contributed by atoms with Crippen LogP contribution in [0.1, 0.15) is 44.3 Å². The van der Waals surface area contributed by atoms with Crippen LogP contribution >= 0.6 is 11.6 Å². The number of halogens is 1. The maximum Gasteiger partial charge on any atom is 0.138 e. The first kappa shape index (κ1) is 18.3. The van der Waals surface area contributed by atoms with Crippen molar-refractivity contribution in [3.8, 4) is 5.75 Å². The maximum absolute atomic E-state index is 6.36. The summed E-state index contributed by atoms with van der Waals surface area (Å²) in [7, 11) is 2.40. The van der Waals surface area contributed by atoms with Crippen LogP contribution in [0.25, 0.3) is 0 Å². The Morgan fingerprint density at radius 3 is 2.52 bits per heavy atom. The summed E-state index contributed by atoms with van der Waals surface area (Å²) in [6.45, 7) is 4.80. The topological polar surface area (TPSA) is 9.23 Å². The average molecular weight is 359 g/mol. The summed E-state index contributed by atoms with van der Waals surface area (Å²) in [4.78, 5) is 0.